The monoisotopic (exact) mass is 366 g/mol. The summed E-state index contributed by atoms with van der Waals surface area (Å²) in [5.74, 6) is -1.25. The van der Waals surface area contributed by atoms with Crippen molar-refractivity contribution in [1.82, 2.24) is 10.2 Å². The lowest BCUT2D eigenvalue weighted by Gasteiger charge is -2.27. The summed E-state index contributed by atoms with van der Waals surface area (Å²) in [7, 11) is 1.55. The van der Waals surface area contributed by atoms with Crippen LogP contribution in [0.15, 0.2) is 54.6 Å². The third-order valence-electron chi connectivity index (χ3n) is 4.52. The minimum Gasteiger partial charge on any atom is -0.383 e. The van der Waals surface area contributed by atoms with E-state index < -0.39 is 17.9 Å². The summed E-state index contributed by atoms with van der Waals surface area (Å²) < 4.78 is 5.06. The SMILES string of the molecule is COC[C@H](C)NC(=O)[C@H](Cc1ccccc1)N1C(=O)c2ccccc2C1=O. The number of methoxy groups -OCH3 is 1. The van der Waals surface area contributed by atoms with Crippen LogP contribution in [0.1, 0.15) is 33.2 Å². The molecule has 0 bridgehead atoms. The van der Waals surface area contributed by atoms with Gasteiger partial charge in [-0.2, -0.15) is 0 Å². The summed E-state index contributed by atoms with van der Waals surface area (Å²) in [5, 5.41) is 2.84. The van der Waals surface area contributed by atoms with Crippen LogP contribution in [0.5, 0.6) is 0 Å². The number of carbonyl (C=O) groups is 3. The topological polar surface area (TPSA) is 75.7 Å². The molecule has 3 rings (SSSR count). The molecule has 1 aliphatic rings. The third-order valence-corrected chi connectivity index (χ3v) is 4.52. The normalized spacial score (nSPS) is 15.4. The molecular formula is C21H22N2O4. The van der Waals surface area contributed by atoms with Gasteiger partial charge in [0, 0.05) is 19.6 Å². The van der Waals surface area contributed by atoms with Gasteiger partial charge in [-0.25, -0.2) is 0 Å². The van der Waals surface area contributed by atoms with Crippen molar-refractivity contribution in [2.24, 2.45) is 0 Å². The van der Waals surface area contributed by atoms with E-state index in [0.29, 0.717) is 17.7 Å². The van der Waals surface area contributed by atoms with Crippen molar-refractivity contribution in [2.75, 3.05) is 13.7 Å². The number of hydrogen-bond donors (Lipinski definition) is 1. The van der Waals surface area contributed by atoms with Crippen molar-refractivity contribution in [3.8, 4) is 0 Å². The predicted octanol–water partition coefficient (Wildman–Crippen LogP) is 2.04. The summed E-state index contributed by atoms with van der Waals surface area (Å²) in [5.41, 5.74) is 1.53. The molecule has 27 heavy (non-hydrogen) atoms. The van der Waals surface area contributed by atoms with Crippen LogP contribution in [0.2, 0.25) is 0 Å². The van der Waals surface area contributed by atoms with Gasteiger partial charge in [0.2, 0.25) is 5.91 Å². The number of fused-ring (bicyclic) bond motifs is 1. The highest BCUT2D eigenvalue weighted by Gasteiger charge is 2.42. The Balaban J connectivity index is 1.91. The number of nitrogens with one attached hydrogen (secondary N) is 1. The van der Waals surface area contributed by atoms with Gasteiger partial charge in [0.05, 0.1) is 17.7 Å². The van der Waals surface area contributed by atoms with Gasteiger partial charge < -0.3 is 10.1 Å². The summed E-state index contributed by atoms with van der Waals surface area (Å²) in [4.78, 5) is 39.7. The Hall–Kier alpha value is -2.99. The zero-order valence-corrected chi connectivity index (χ0v) is 15.3. The molecule has 6 nitrogen and oxygen atoms in total. The number of hydrogen-bond acceptors (Lipinski definition) is 4. The van der Waals surface area contributed by atoms with Crippen LogP contribution in [0.3, 0.4) is 0 Å². The van der Waals surface area contributed by atoms with E-state index in [-0.39, 0.29) is 18.4 Å². The second-order valence-corrected chi connectivity index (χ2v) is 6.60. The second kappa shape index (κ2) is 8.14. The number of imide groups is 1. The Labute approximate surface area is 158 Å². The van der Waals surface area contributed by atoms with E-state index in [2.05, 4.69) is 5.32 Å². The van der Waals surface area contributed by atoms with Crippen LogP contribution in [-0.2, 0) is 16.0 Å². The molecule has 0 spiro atoms. The van der Waals surface area contributed by atoms with E-state index in [1.165, 1.54) is 0 Å². The number of carbonyl (C=O) groups excluding carboxylic acids is 3. The Kier molecular flexibility index (Phi) is 5.66. The molecule has 3 amide bonds. The van der Waals surface area contributed by atoms with Crippen LogP contribution in [0.25, 0.3) is 0 Å². The van der Waals surface area contributed by atoms with Gasteiger partial charge in [0.15, 0.2) is 0 Å². The van der Waals surface area contributed by atoms with E-state index in [1.807, 2.05) is 37.3 Å². The molecule has 140 valence electrons. The van der Waals surface area contributed by atoms with Gasteiger partial charge in [0.25, 0.3) is 11.8 Å². The number of amides is 3. The van der Waals surface area contributed by atoms with E-state index in [9.17, 15) is 14.4 Å². The summed E-state index contributed by atoms with van der Waals surface area (Å²) in [6.07, 6.45) is 0.248. The molecule has 0 saturated heterocycles. The Morgan fingerprint density at radius 2 is 1.56 bits per heavy atom. The molecule has 2 atom stereocenters. The molecule has 6 heteroatoms. The van der Waals surface area contributed by atoms with Crippen LogP contribution >= 0.6 is 0 Å². The highest BCUT2D eigenvalue weighted by atomic mass is 16.5. The maximum atomic E-state index is 12.9. The predicted molar refractivity (Wildman–Crippen MR) is 100 cm³/mol. The summed E-state index contributed by atoms with van der Waals surface area (Å²) in [6, 6.07) is 14.8. The maximum Gasteiger partial charge on any atom is 0.262 e. The van der Waals surface area contributed by atoms with Gasteiger partial charge in [-0.05, 0) is 24.6 Å². The maximum absolute atomic E-state index is 12.9. The molecule has 0 unspecified atom stereocenters. The number of nitrogens with zero attached hydrogens (tertiary/aromatic N) is 1. The van der Waals surface area contributed by atoms with Gasteiger partial charge in [-0.3, -0.25) is 19.3 Å². The molecule has 0 aromatic heterocycles. The molecule has 1 N–H and O–H groups in total. The van der Waals surface area contributed by atoms with Crippen LogP contribution in [0.4, 0.5) is 0 Å². The fourth-order valence-corrected chi connectivity index (χ4v) is 3.26. The molecule has 2 aromatic carbocycles. The quantitative estimate of drug-likeness (QED) is 0.761. The number of rotatable bonds is 7. The largest absolute Gasteiger partial charge is 0.383 e. The lowest BCUT2D eigenvalue weighted by Crippen LogP contribution is -2.53. The smallest absolute Gasteiger partial charge is 0.262 e. The second-order valence-electron chi connectivity index (χ2n) is 6.60. The third kappa shape index (κ3) is 3.90. The van der Waals surface area contributed by atoms with E-state index >= 15 is 0 Å². The molecule has 1 heterocycles. The standard InChI is InChI=1S/C21H22N2O4/c1-14(13-27-2)22-19(24)18(12-15-8-4-3-5-9-15)23-20(25)16-10-6-7-11-17(16)21(23)26/h3-11,14,18H,12-13H2,1-2H3,(H,22,24)/t14-,18-/m0/s1. The van der Waals surface area contributed by atoms with Gasteiger partial charge >= 0.3 is 0 Å². The average Bonchev–Trinajstić information content (AvgIpc) is 2.92. The van der Waals surface area contributed by atoms with Crippen molar-refractivity contribution in [2.45, 2.75) is 25.4 Å². The summed E-state index contributed by atoms with van der Waals surface area (Å²) in [6.45, 7) is 2.15. The lowest BCUT2D eigenvalue weighted by molar-refractivity contribution is -0.126. The van der Waals surface area contributed by atoms with Crippen LogP contribution < -0.4 is 5.32 Å². The van der Waals surface area contributed by atoms with E-state index in [4.69, 9.17) is 4.74 Å². The fraction of sp³-hybridized carbons (Fsp3) is 0.286. The molecule has 0 saturated carbocycles. The minimum absolute atomic E-state index is 0.240. The zero-order valence-electron chi connectivity index (χ0n) is 15.3. The van der Waals surface area contributed by atoms with E-state index in [0.717, 1.165) is 10.5 Å². The Morgan fingerprint density at radius 3 is 2.11 bits per heavy atom. The van der Waals surface area contributed by atoms with Crippen molar-refractivity contribution >= 4 is 17.7 Å². The van der Waals surface area contributed by atoms with Gasteiger partial charge in [-0.1, -0.05) is 42.5 Å². The lowest BCUT2D eigenvalue weighted by atomic mass is 10.0. The highest BCUT2D eigenvalue weighted by molar-refractivity contribution is 6.22. The summed E-state index contributed by atoms with van der Waals surface area (Å²) >= 11 is 0. The molecule has 1 aliphatic heterocycles. The van der Waals surface area contributed by atoms with E-state index in [1.54, 1.807) is 31.4 Å². The van der Waals surface area contributed by atoms with Crippen molar-refractivity contribution in [3.05, 3.63) is 71.3 Å². The Morgan fingerprint density at radius 1 is 1.00 bits per heavy atom. The first-order valence-corrected chi connectivity index (χ1v) is 8.83. The molecule has 0 radical (unpaired) electrons. The first-order valence-electron chi connectivity index (χ1n) is 8.83. The first kappa shape index (κ1) is 18.8. The molecule has 0 fully saturated rings. The molecule has 0 aliphatic carbocycles. The highest BCUT2D eigenvalue weighted by Crippen LogP contribution is 2.26. The van der Waals surface area contributed by atoms with Crippen LogP contribution in [0, 0.1) is 0 Å². The zero-order chi connectivity index (χ0) is 19.4. The van der Waals surface area contributed by atoms with Gasteiger partial charge in [-0.15, -0.1) is 0 Å². The van der Waals surface area contributed by atoms with Crippen molar-refractivity contribution < 1.29 is 19.1 Å². The average molecular weight is 366 g/mol. The number of benzene rings is 2. The first-order chi connectivity index (χ1) is 13.0. The molecular weight excluding hydrogens is 344 g/mol. The Bertz CT molecular complexity index is 815. The number of ether oxygens (including phenoxy) is 1. The molecule has 2 aromatic rings. The van der Waals surface area contributed by atoms with Crippen molar-refractivity contribution in [3.63, 3.8) is 0 Å². The van der Waals surface area contributed by atoms with Crippen LogP contribution in [-0.4, -0.2) is 48.4 Å². The van der Waals surface area contributed by atoms with Gasteiger partial charge in [0.1, 0.15) is 6.04 Å². The van der Waals surface area contributed by atoms with Crippen molar-refractivity contribution in [1.29, 1.82) is 0 Å². The minimum atomic E-state index is -0.931. The fourth-order valence-electron chi connectivity index (χ4n) is 3.26.